The van der Waals surface area contributed by atoms with Crippen LogP contribution in [0.25, 0.3) is 10.9 Å². The molecular weight excluding hydrogens is 1540 g/mol. The molecule has 0 aliphatic carbocycles. The van der Waals surface area contributed by atoms with Gasteiger partial charge in [-0.1, -0.05) is 82.7 Å². The van der Waals surface area contributed by atoms with Gasteiger partial charge in [-0.15, -0.1) is 0 Å². The number of fused-ring (bicyclic) bond motifs is 1. The molecule has 0 radical (unpaired) electrons. The van der Waals surface area contributed by atoms with Crippen molar-refractivity contribution in [1.29, 1.82) is 0 Å². The maximum absolute atomic E-state index is 15.0. The molecule has 0 bridgehead atoms. The van der Waals surface area contributed by atoms with Crippen molar-refractivity contribution >= 4 is 136 Å². The van der Waals surface area contributed by atoms with Crippen LogP contribution in [0.15, 0.2) is 54.7 Å². The van der Waals surface area contributed by atoms with Crippen molar-refractivity contribution in [2.24, 2.45) is 35.1 Å². The van der Waals surface area contributed by atoms with E-state index in [-0.39, 0.29) is 63.0 Å². The molecule has 117 heavy (non-hydrogen) atoms. The Kier molecular flexibility index (Phi) is 42.4. The van der Waals surface area contributed by atoms with Crippen molar-refractivity contribution in [2.75, 3.05) is 51.3 Å². The van der Waals surface area contributed by atoms with Gasteiger partial charge in [0.25, 0.3) is 12.9 Å². The molecule has 2 aromatic carbocycles. The summed E-state index contributed by atoms with van der Waals surface area (Å²) in [6, 6.07) is -2.08. The monoisotopic (exact) mass is 1640 g/mol. The lowest BCUT2D eigenvalue weighted by atomic mass is 9.84. The summed E-state index contributed by atoms with van der Waals surface area (Å²) in [5, 5.41) is 57.4. The molecule has 40 nitrogen and oxygen atoms in total. The molecule has 13 atom stereocenters. The number of Topliss-reactive ketones (excluding diaryl/α,β-unsaturated/α-hetero) is 4. The Bertz CT molecular complexity index is 4000. The van der Waals surface area contributed by atoms with Crippen molar-refractivity contribution in [2.45, 2.75) is 205 Å². The Morgan fingerprint density at radius 2 is 1.26 bits per heavy atom. The summed E-state index contributed by atoms with van der Waals surface area (Å²) in [4.78, 5) is 277. The van der Waals surface area contributed by atoms with Crippen molar-refractivity contribution in [3.8, 4) is 0 Å². The number of hydrogen-bond donors (Lipinski definition) is 17. The number of cyclic esters (lactones) is 1. The number of unbranched alkanes of at least 4 members (excludes halogenated alkanes) is 6. The van der Waals surface area contributed by atoms with Gasteiger partial charge < -0.3 is 104 Å². The highest BCUT2D eigenvalue weighted by Crippen LogP contribution is 2.26. The number of aliphatic carboxylic acids is 2. The number of benzene rings is 2. The largest absolute Gasteiger partial charge is 0.481 e. The zero-order valence-electron chi connectivity index (χ0n) is 65.9. The predicted molar refractivity (Wildman–Crippen MR) is 413 cm³/mol. The number of carbonyl (C=O) groups is 20. The molecule has 1 aromatic heterocycles. The molecule has 0 unspecified atom stereocenters. The second kappa shape index (κ2) is 51.0. The van der Waals surface area contributed by atoms with Crippen LogP contribution in [0, 0.1) is 23.7 Å². The molecular formula is C77H108N14O26. The first kappa shape index (κ1) is 97.3. The van der Waals surface area contributed by atoms with E-state index in [9.17, 15) is 106 Å². The van der Waals surface area contributed by atoms with Crippen LogP contribution in [0.5, 0.6) is 0 Å². The van der Waals surface area contributed by atoms with E-state index >= 15 is 4.79 Å². The molecule has 0 saturated carbocycles. The number of nitrogens with one attached hydrogen (secondary N) is 12. The lowest BCUT2D eigenvalue weighted by Gasteiger charge is -2.29. The molecule has 4 rings (SSSR count). The number of primary amides is 1. The number of rotatable bonds is 40. The first-order chi connectivity index (χ1) is 55.7. The summed E-state index contributed by atoms with van der Waals surface area (Å²) in [6.45, 7) is 1.87. The summed E-state index contributed by atoms with van der Waals surface area (Å²) in [6.07, 6.45) is -2.05. The van der Waals surface area contributed by atoms with Gasteiger partial charge in [-0.2, -0.15) is 0 Å². The zero-order valence-corrected chi connectivity index (χ0v) is 65.9. The van der Waals surface area contributed by atoms with E-state index in [2.05, 4.69) is 70.4 Å². The number of hydrogen-bond acceptors (Lipinski definition) is 26. The van der Waals surface area contributed by atoms with Crippen LogP contribution in [0.3, 0.4) is 0 Å². The quantitative estimate of drug-likeness (QED) is 0.00953. The van der Waals surface area contributed by atoms with Crippen LogP contribution < -0.4 is 70.0 Å². The molecule has 0 spiro atoms. The van der Waals surface area contributed by atoms with Gasteiger partial charge in [-0.25, -0.2) is 4.79 Å². The number of aliphatic hydroxyl groups is 1. The molecule has 1 aliphatic heterocycles. The smallest absolute Gasteiger partial charge is 0.329 e. The summed E-state index contributed by atoms with van der Waals surface area (Å²) in [5.41, 5.74) is 12.8. The van der Waals surface area contributed by atoms with Gasteiger partial charge in [0.05, 0.1) is 56.5 Å². The lowest BCUT2D eigenvalue weighted by molar-refractivity contribution is -0.156. The Hall–Kier alpha value is -12.1. The predicted octanol–water partition coefficient (Wildman–Crippen LogP) is -2.10. The Labute approximate surface area is 673 Å². The normalized spacial score (nSPS) is 21.1. The molecule has 1 fully saturated rings. The number of aromatic nitrogens is 1. The van der Waals surface area contributed by atoms with Crippen molar-refractivity contribution in [1.82, 2.24) is 58.2 Å². The van der Waals surface area contributed by atoms with Crippen molar-refractivity contribution < 1.29 is 125 Å². The molecule has 40 heteroatoms. The Morgan fingerprint density at radius 1 is 0.641 bits per heavy atom. The maximum Gasteiger partial charge on any atom is 0.329 e. The number of esters is 1. The number of anilines is 1. The number of aromatic amines is 1. The average molecular weight is 1650 g/mol. The first-order valence-corrected chi connectivity index (χ1v) is 38.5. The number of carboxylic acids is 2. The summed E-state index contributed by atoms with van der Waals surface area (Å²) >= 11 is 0. The third kappa shape index (κ3) is 33.7. The van der Waals surface area contributed by atoms with Crippen LogP contribution in [-0.2, 0) is 112 Å². The Balaban J connectivity index is 1.89. The minimum absolute atomic E-state index is 0.00424. The van der Waals surface area contributed by atoms with Gasteiger partial charge in [0, 0.05) is 85.8 Å². The second-order valence-electron chi connectivity index (χ2n) is 28.3. The summed E-state index contributed by atoms with van der Waals surface area (Å²) in [7, 11) is 0. The van der Waals surface area contributed by atoms with Gasteiger partial charge in [0.1, 0.15) is 55.6 Å². The van der Waals surface area contributed by atoms with Crippen LogP contribution in [0.2, 0.25) is 0 Å². The average Bonchev–Trinajstić information content (AvgIpc) is 0.943. The number of amides is 11. The van der Waals surface area contributed by atoms with Crippen LogP contribution in [-0.4, -0.2) is 240 Å². The molecule has 11 amide bonds. The molecule has 1 saturated heterocycles. The van der Waals surface area contributed by atoms with Gasteiger partial charge in [0.15, 0.2) is 23.1 Å². The highest BCUT2D eigenvalue weighted by Gasteiger charge is 2.41. The number of H-pyrrole nitrogens is 1. The number of carboxylic acid groups (broad SMARTS) is 2. The van der Waals surface area contributed by atoms with Crippen LogP contribution >= 0.6 is 0 Å². The molecule has 642 valence electrons. The molecule has 1 aliphatic rings. The number of ketones is 4. The maximum atomic E-state index is 15.0. The fourth-order valence-electron chi connectivity index (χ4n) is 12.7. The Morgan fingerprint density at radius 3 is 1.90 bits per heavy atom. The van der Waals surface area contributed by atoms with E-state index in [1.807, 2.05) is 0 Å². The van der Waals surface area contributed by atoms with Crippen molar-refractivity contribution in [3.63, 3.8) is 0 Å². The standard InChI is InChI=1S/C77H108N14O26/c1-6-8-9-10-11-12-13-24-64(100)86-55(27-46-34-81-51-21-16-14-19-48(46)51)75(112)88-54(33-63(79)99)61(97)28-45(30-68(105)106)71(108)91-69-44(5)117-77(114)56(32-59(95)49-20-15-17-22-52(49)80-7-2)89-73(110)50(42(3)26-67(103)104)31-62(98)57(37-92)87-66(102)35-82-74(111)58(39-116-41-94)90-70(107)43(4)84-72(109)47(38-115-40-93)29-60(96)53(23-18-25-78)85-65(101)36-83-76(69)113/h14-17,19-22,34,40-45,47,50,53-58,69,80-81,92H,6-13,18,23-33,35-39,78H2,1-5H3,(H2,79,99)(H,82,111)(H,83,113)(H,84,109)(H,85,101)(H,86,100)(H,87,102)(H,88,112)(H,89,110)(H,90,107)(H,91,108)(H,103,104)(H,105,106)/t42-,43-,44-,45+,47+,50+,53+,54-,55+,56+,57-,58+,69+/m1/s1. The SMILES string of the molecule is CCCCCCCCCC(=O)N[C@@H](Cc1c[nH]c2ccccc12)C(=O)N[C@H](CC(N)=O)C(=O)C[C@@H](CC(=O)O)C(=O)N[C@@H]1C(=O)NCC(=O)N[C@@H](CCCN)C(=O)C[C@@H](COC=O)C(=O)N[C@H](C)C(=O)N[C@@H](COC=O)C(=O)NCC(=O)N[C@H](CO)C(=O)C[C@@H]([C@H](C)CC(=O)O)C(=O)N[C@@H](CC(=O)c2ccccc2NCC)C(=O)O[C@@H]1C. The fourth-order valence-corrected chi connectivity index (χ4v) is 12.7. The number of carbonyl (C=O) groups excluding carboxylic acids is 18. The highest BCUT2D eigenvalue weighted by molar-refractivity contribution is 6.05. The fraction of sp³-hybridized carbons (Fsp3) is 0.558. The van der Waals surface area contributed by atoms with E-state index in [0.29, 0.717) is 29.3 Å². The number of para-hydroxylation sites is 2. The summed E-state index contributed by atoms with van der Waals surface area (Å²) < 4.78 is 15.3. The van der Waals surface area contributed by atoms with E-state index in [1.54, 1.807) is 43.5 Å². The molecule has 19 N–H and O–H groups in total. The van der Waals surface area contributed by atoms with E-state index in [1.165, 1.54) is 25.1 Å². The molecule has 3 aromatic rings. The van der Waals surface area contributed by atoms with Gasteiger partial charge in [-0.05, 0) is 76.3 Å². The summed E-state index contributed by atoms with van der Waals surface area (Å²) in [5.74, 6) is -29.0. The lowest BCUT2D eigenvalue weighted by Crippen LogP contribution is -2.57. The highest BCUT2D eigenvalue weighted by atomic mass is 16.5. The number of nitrogens with two attached hydrogens (primary N) is 2. The van der Waals surface area contributed by atoms with Crippen LogP contribution in [0.1, 0.15) is 160 Å². The van der Waals surface area contributed by atoms with Gasteiger partial charge >= 0.3 is 17.9 Å². The molecule has 2 heterocycles. The minimum Gasteiger partial charge on any atom is -0.481 e. The third-order valence-electron chi connectivity index (χ3n) is 19.1. The first-order valence-electron chi connectivity index (χ1n) is 38.5. The van der Waals surface area contributed by atoms with Crippen molar-refractivity contribution in [3.05, 3.63) is 65.9 Å². The number of ether oxygens (including phenoxy) is 3. The topological polar surface area (TPSA) is 630 Å². The van der Waals surface area contributed by atoms with Gasteiger partial charge in [-0.3, -0.25) is 91.1 Å². The minimum atomic E-state index is -2.35. The van der Waals surface area contributed by atoms with Crippen LogP contribution in [0.4, 0.5) is 5.69 Å². The zero-order chi connectivity index (χ0) is 86.8. The van der Waals surface area contributed by atoms with E-state index < -0.39 is 262 Å². The van der Waals surface area contributed by atoms with E-state index in [4.69, 9.17) is 25.7 Å². The van der Waals surface area contributed by atoms with E-state index in [0.717, 1.165) is 46.0 Å². The van der Waals surface area contributed by atoms with Gasteiger partial charge in [0.2, 0.25) is 65.0 Å². The third-order valence-corrected chi connectivity index (χ3v) is 19.1. The second-order valence-corrected chi connectivity index (χ2v) is 28.3. The number of aliphatic hydroxyl groups excluding tert-OH is 1.